The molecule has 0 fully saturated rings. The third-order valence-electron chi connectivity index (χ3n) is 5.62. The Balaban J connectivity index is 1.66. The largest absolute Gasteiger partial charge is 0.416 e. The molecule has 0 radical (unpaired) electrons. The minimum Gasteiger partial charge on any atom is -0.264 e. The van der Waals surface area contributed by atoms with E-state index in [4.69, 9.17) is 23.2 Å². The van der Waals surface area contributed by atoms with E-state index in [9.17, 15) is 22.8 Å². The van der Waals surface area contributed by atoms with Crippen LogP contribution in [0.1, 0.15) is 23.2 Å². The van der Waals surface area contributed by atoms with Crippen LogP contribution in [0.2, 0.25) is 10.0 Å². The van der Waals surface area contributed by atoms with Crippen LogP contribution in [0.15, 0.2) is 70.5 Å². The third-order valence-corrected chi connectivity index (χ3v) is 6.07. The molecule has 3 heterocycles. The molecule has 0 saturated heterocycles. The van der Waals surface area contributed by atoms with E-state index in [1.807, 2.05) is 0 Å². The molecule has 2 unspecified atom stereocenters. The minimum atomic E-state index is -4.53. The number of hydrogen-bond donors (Lipinski definition) is 0. The quantitative estimate of drug-likeness (QED) is 0.428. The Kier molecular flexibility index (Phi) is 5.02. The molecule has 170 valence electrons. The second-order valence-electron chi connectivity index (χ2n) is 7.57. The zero-order chi connectivity index (χ0) is 23.5. The van der Waals surface area contributed by atoms with E-state index in [1.54, 1.807) is 35.1 Å². The molecule has 33 heavy (non-hydrogen) atoms. The molecule has 4 aromatic rings. The molecule has 0 aliphatic carbocycles. The SMILES string of the molecule is O=c1n(-c2ccc(C(F)(F)F)cc2)c(=O)n2n1CC(n1cc(Cl)cn1)C2c1ccc(Cl)cc1. The van der Waals surface area contributed by atoms with Crippen LogP contribution in [0.4, 0.5) is 13.2 Å². The van der Waals surface area contributed by atoms with Crippen LogP contribution in [-0.2, 0) is 12.7 Å². The van der Waals surface area contributed by atoms with Crippen molar-refractivity contribution in [2.45, 2.75) is 24.8 Å². The molecule has 2 aromatic heterocycles. The summed E-state index contributed by atoms with van der Waals surface area (Å²) < 4.78 is 43.8. The van der Waals surface area contributed by atoms with E-state index in [2.05, 4.69) is 5.10 Å². The first-order chi connectivity index (χ1) is 15.6. The highest BCUT2D eigenvalue weighted by Gasteiger charge is 2.40. The topological polar surface area (TPSA) is 66.8 Å². The lowest BCUT2D eigenvalue weighted by Crippen LogP contribution is -2.32. The fraction of sp³-hybridized carbons (Fsp3) is 0.190. The maximum absolute atomic E-state index is 13.4. The van der Waals surface area contributed by atoms with Gasteiger partial charge >= 0.3 is 17.6 Å². The van der Waals surface area contributed by atoms with Gasteiger partial charge in [-0.3, -0.25) is 4.68 Å². The Labute approximate surface area is 193 Å². The van der Waals surface area contributed by atoms with E-state index in [-0.39, 0.29) is 12.2 Å². The predicted molar refractivity (Wildman–Crippen MR) is 115 cm³/mol. The fourth-order valence-electron chi connectivity index (χ4n) is 4.14. The lowest BCUT2D eigenvalue weighted by atomic mass is 10.0. The van der Waals surface area contributed by atoms with Crippen molar-refractivity contribution >= 4 is 23.2 Å². The van der Waals surface area contributed by atoms with Crippen LogP contribution in [0.25, 0.3) is 5.69 Å². The number of nitrogens with zero attached hydrogens (tertiary/aromatic N) is 5. The standard InChI is InChI=1S/C21H14Cl2F3N5O2/c22-14-5-1-12(2-6-14)18-17(28-10-15(23)9-27-28)11-29-19(32)30(20(33)31(18)29)16-7-3-13(4-8-16)21(24,25)26/h1-10,17-18H,11H2. The van der Waals surface area contributed by atoms with Gasteiger partial charge in [0, 0.05) is 11.2 Å². The summed E-state index contributed by atoms with van der Waals surface area (Å²) in [4.78, 5) is 26.6. The van der Waals surface area contributed by atoms with Gasteiger partial charge in [-0.25, -0.2) is 23.5 Å². The Morgan fingerprint density at radius 2 is 1.58 bits per heavy atom. The first-order valence-electron chi connectivity index (χ1n) is 9.72. The third kappa shape index (κ3) is 3.59. The van der Waals surface area contributed by atoms with Crippen molar-refractivity contribution < 1.29 is 13.2 Å². The van der Waals surface area contributed by atoms with Gasteiger partial charge in [-0.05, 0) is 42.0 Å². The first kappa shape index (κ1) is 21.6. The van der Waals surface area contributed by atoms with Gasteiger partial charge in [0.25, 0.3) is 0 Å². The van der Waals surface area contributed by atoms with Crippen molar-refractivity contribution in [1.82, 2.24) is 23.7 Å². The zero-order valence-corrected chi connectivity index (χ0v) is 18.1. The van der Waals surface area contributed by atoms with Gasteiger partial charge in [-0.2, -0.15) is 18.3 Å². The molecule has 7 nitrogen and oxygen atoms in total. The summed E-state index contributed by atoms with van der Waals surface area (Å²) >= 11 is 12.0. The van der Waals surface area contributed by atoms with Gasteiger partial charge in [-0.15, -0.1) is 0 Å². The van der Waals surface area contributed by atoms with Gasteiger partial charge in [0.05, 0.1) is 35.1 Å². The van der Waals surface area contributed by atoms with E-state index >= 15 is 0 Å². The monoisotopic (exact) mass is 495 g/mol. The summed E-state index contributed by atoms with van der Waals surface area (Å²) in [7, 11) is 0. The molecule has 2 atom stereocenters. The average molecular weight is 496 g/mol. The number of fused-ring (bicyclic) bond motifs is 1. The van der Waals surface area contributed by atoms with Crippen LogP contribution in [0.5, 0.6) is 0 Å². The molecular formula is C21H14Cl2F3N5O2. The van der Waals surface area contributed by atoms with Gasteiger partial charge in [0.1, 0.15) is 6.04 Å². The van der Waals surface area contributed by atoms with Crippen molar-refractivity contribution in [3.05, 3.63) is 103 Å². The molecule has 1 aliphatic heterocycles. The van der Waals surface area contributed by atoms with Crippen LogP contribution in [0.3, 0.4) is 0 Å². The molecule has 0 N–H and O–H groups in total. The molecular weight excluding hydrogens is 482 g/mol. The predicted octanol–water partition coefficient (Wildman–Crippen LogP) is 4.17. The smallest absolute Gasteiger partial charge is 0.264 e. The first-order valence-corrected chi connectivity index (χ1v) is 10.5. The van der Waals surface area contributed by atoms with Crippen LogP contribution >= 0.6 is 23.2 Å². The summed E-state index contributed by atoms with van der Waals surface area (Å²) in [6.45, 7) is 0.104. The van der Waals surface area contributed by atoms with Crippen LogP contribution in [0, 0.1) is 0 Å². The highest BCUT2D eigenvalue weighted by atomic mass is 35.5. The van der Waals surface area contributed by atoms with Gasteiger partial charge < -0.3 is 0 Å². The summed E-state index contributed by atoms with van der Waals surface area (Å²) in [5, 5.41) is 5.14. The Morgan fingerprint density at radius 1 is 0.909 bits per heavy atom. The average Bonchev–Trinajstić information content (AvgIpc) is 3.43. The number of halogens is 5. The molecule has 5 rings (SSSR count). The molecule has 12 heteroatoms. The molecule has 1 aliphatic rings. The molecule has 0 saturated carbocycles. The van der Waals surface area contributed by atoms with Crippen LogP contribution in [-0.4, -0.2) is 23.7 Å². The van der Waals surface area contributed by atoms with Gasteiger partial charge in [-0.1, -0.05) is 35.3 Å². The molecule has 0 bridgehead atoms. The maximum Gasteiger partial charge on any atom is 0.416 e. The second-order valence-corrected chi connectivity index (χ2v) is 8.45. The highest BCUT2D eigenvalue weighted by molar-refractivity contribution is 6.30. The van der Waals surface area contributed by atoms with Crippen molar-refractivity contribution in [2.75, 3.05) is 0 Å². The number of rotatable bonds is 3. The van der Waals surface area contributed by atoms with E-state index in [0.29, 0.717) is 15.6 Å². The molecule has 0 spiro atoms. The Hall–Kier alpha value is -3.24. The van der Waals surface area contributed by atoms with Gasteiger partial charge in [0.15, 0.2) is 0 Å². The zero-order valence-electron chi connectivity index (χ0n) is 16.6. The van der Waals surface area contributed by atoms with Crippen molar-refractivity contribution in [3.8, 4) is 5.69 Å². The number of alkyl halides is 3. The summed E-state index contributed by atoms with van der Waals surface area (Å²) in [6, 6.07) is 9.62. The van der Waals surface area contributed by atoms with E-state index in [1.165, 1.54) is 15.6 Å². The normalized spacial score (nSPS) is 18.0. The van der Waals surface area contributed by atoms with Crippen molar-refractivity contribution in [1.29, 1.82) is 0 Å². The molecule has 2 aromatic carbocycles. The van der Waals surface area contributed by atoms with E-state index < -0.39 is 35.2 Å². The number of hydrogen-bond acceptors (Lipinski definition) is 3. The van der Waals surface area contributed by atoms with Crippen LogP contribution < -0.4 is 11.4 Å². The van der Waals surface area contributed by atoms with Crippen molar-refractivity contribution in [3.63, 3.8) is 0 Å². The number of aromatic nitrogens is 5. The second kappa shape index (κ2) is 7.67. The van der Waals surface area contributed by atoms with E-state index in [0.717, 1.165) is 28.8 Å². The Morgan fingerprint density at radius 3 is 2.15 bits per heavy atom. The Bertz CT molecular complexity index is 1450. The highest BCUT2D eigenvalue weighted by Crippen LogP contribution is 2.36. The lowest BCUT2D eigenvalue weighted by molar-refractivity contribution is -0.137. The summed E-state index contributed by atoms with van der Waals surface area (Å²) in [5.41, 5.74) is -1.48. The summed E-state index contributed by atoms with van der Waals surface area (Å²) in [5.74, 6) is 0. The maximum atomic E-state index is 13.4. The molecule has 0 amide bonds. The lowest BCUT2D eigenvalue weighted by Gasteiger charge is -2.20. The summed E-state index contributed by atoms with van der Waals surface area (Å²) in [6.07, 6.45) is -1.47. The fourth-order valence-corrected chi connectivity index (χ4v) is 4.41. The minimum absolute atomic E-state index is 0.0425. The van der Waals surface area contributed by atoms with Gasteiger partial charge in [0.2, 0.25) is 0 Å². The van der Waals surface area contributed by atoms with Crippen molar-refractivity contribution in [2.24, 2.45) is 0 Å². The number of benzene rings is 2.